The molecular weight excluding hydrogens is 252 g/mol. The SMILES string of the molecule is CCOCCN(CC)c1ccc(CNCC(C)C)nn1. The quantitative estimate of drug-likeness (QED) is 0.665. The van der Waals surface area contributed by atoms with Crippen molar-refractivity contribution < 1.29 is 4.74 Å². The molecule has 0 saturated heterocycles. The van der Waals surface area contributed by atoms with E-state index in [4.69, 9.17) is 4.74 Å². The first-order valence-electron chi connectivity index (χ1n) is 7.53. The van der Waals surface area contributed by atoms with E-state index in [2.05, 4.69) is 41.2 Å². The van der Waals surface area contributed by atoms with Gasteiger partial charge in [0, 0.05) is 26.2 Å². The maximum Gasteiger partial charge on any atom is 0.151 e. The van der Waals surface area contributed by atoms with Gasteiger partial charge in [-0.15, -0.1) is 5.10 Å². The third kappa shape index (κ3) is 6.30. The second kappa shape index (κ2) is 9.66. The van der Waals surface area contributed by atoms with Crippen LogP contribution >= 0.6 is 0 Å². The van der Waals surface area contributed by atoms with Gasteiger partial charge in [0.15, 0.2) is 5.82 Å². The van der Waals surface area contributed by atoms with Gasteiger partial charge in [0.2, 0.25) is 0 Å². The van der Waals surface area contributed by atoms with Crippen LogP contribution in [0.4, 0.5) is 5.82 Å². The fourth-order valence-electron chi connectivity index (χ4n) is 1.86. The largest absolute Gasteiger partial charge is 0.380 e. The molecule has 0 aliphatic carbocycles. The molecule has 1 rings (SSSR count). The summed E-state index contributed by atoms with van der Waals surface area (Å²) >= 11 is 0. The van der Waals surface area contributed by atoms with Crippen LogP contribution < -0.4 is 10.2 Å². The maximum atomic E-state index is 5.39. The summed E-state index contributed by atoms with van der Waals surface area (Å²) in [6.45, 7) is 13.5. The van der Waals surface area contributed by atoms with Crippen molar-refractivity contribution >= 4 is 5.82 Å². The van der Waals surface area contributed by atoms with E-state index in [0.717, 1.165) is 50.9 Å². The Bertz CT molecular complexity index is 353. The zero-order valence-corrected chi connectivity index (χ0v) is 13.2. The lowest BCUT2D eigenvalue weighted by atomic mass is 10.2. The van der Waals surface area contributed by atoms with Gasteiger partial charge in [0.05, 0.1) is 12.3 Å². The Morgan fingerprint density at radius 3 is 2.60 bits per heavy atom. The Morgan fingerprint density at radius 1 is 1.25 bits per heavy atom. The van der Waals surface area contributed by atoms with Gasteiger partial charge >= 0.3 is 0 Å². The Hall–Kier alpha value is -1.20. The lowest BCUT2D eigenvalue weighted by Crippen LogP contribution is -2.28. The first kappa shape index (κ1) is 16.9. The van der Waals surface area contributed by atoms with Crippen LogP contribution in [0, 0.1) is 5.92 Å². The van der Waals surface area contributed by atoms with E-state index in [-0.39, 0.29) is 0 Å². The minimum atomic E-state index is 0.649. The number of nitrogens with zero attached hydrogens (tertiary/aromatic N) is 3. The summed E-state index contributed by atoms with van der Waals surface area (Å²) in [5.41, 5.74) is 0.982. The number of aromatic nitrogens is 2. The topological polar surface area (TPSA) is 50.3 Å². The molecular formula is C15H28N4O. The fraction of sp³-hybridized carbons (Fsp3) is 0.733. The molecule has 0 aromatic carbocycles. The molecule has 5 nitrogen and oxygen atoms in total. The predicted octanol–water partition coefficient (Wildman–Crippen LogP) is 2.08. The lowest BCUT2D eigenvalue weighted by Gasteiger charge is -2.21. The number of likely N-dealkylation sites (N-methyl/N-ethyl adjacent to an activating group) is 1. The molecule has 5 heteroatoms. The maximum absolute atomic E-state index is 5.39. The zero-order chi connectivity index (χ0) is 14.8. The average Bonchev–Trinajstić information content (AvgIpc) is 2.44. The van der Waals surface area contributed by atoms with Crippen LogP contribution in [0.25, 0.3) is 0 Å². The summed E-state index contributed by atoms with van der Waals surface area (Å²) in [6.07, 6.45) is 0. The molecule has 1 aromatic rings. The molecule has 0 unspecified atom stereocenters. The van der Waals surface area contributed by atoms with Crippen molar-refractivity contribution in [2.45, 2.75) is 34.2 Å². The van der Waals surface area contributed by atoms with Crippen LogP contribution in [0.3, 0.4) is 0 Å². The summed E-state index contributed by atoms with van der Waals surface area (Å²) in [7, 11) is 0. The van der Waals surface area contributed by atoms with Crippen LogP contribution in [0.5, 0.6) is 0 Å². The van der Waals surface area contributed by atoms with Gasteiger partial charge in [-0.1, -0.05) is 13.8 Å². The molecule has 0 fully saturated rings. The van der Waals surface area contributed by atoms with Crippen LogP contribution in [-0.2, 0) is 11.3 Å². The molecule has 20 heavy (non-hydrogen) atoms. The third-order valence-corrected chi connectivity index (χ3v) is 2.98. The smallest absolute Gasteiger partial charge is 0.151 e. The summed E-state index contributed by atoms with van der Waals surface area (Å²) in [6, 6.07) is 4.08. The van der Waals surface area contributed by atoms with E-state index in [1.54, 1.807) is 0 Å². The Balaban J connectivity index is 2.46. The Kier molecular flexibility index (Phi) is 8.14. The highest BCUT2D eigenvalue weighted by atomic mass is 16.5. The molecule has 0 saturated carbocycles. The van der Waals surface area contributed by atoms with Crippen LogP contribution in [0.2, 0.25) is 0 Å². The minimum absolute atomic E-state index is 0.649. The number of ether oxygens (including phenoxy) is 1. The summed E-state index contributed by atoms with van der Waals surface area (Å²) in [5.74, 6) is 1.57. The molecule has 0 spiro atoms. The van der Waals surface area contributed by atoms with E-state index in [1.165, 1.54) is 0 Å². The second-order valence-corrected chi connectivity index (χ2v) is 5.18. The van der Waals surface area contributed by atoms with Crippen molar-refractivity contribution in [2.24, 2.45) is 5.92 Å². The van der Waals surface area contributed by atoms with E-state index in [9.17, 15) is 0 Å². The van der Waals surface area contributed by atoms with Crippen LogP contribution in [0.1, 0.15) is 33.4 Å². The number of nitrogens with one attached hydrogen (secondary N) is 1. The molecule has 0 aliphatic rings. The monoisotopic (exact) mass is 280 g/mol. The summed E-state index contributed by atoms with van der Waals surface area (Å²) in [4.78, 5) is 2.17. The Morgan fingerprint density at radius 2 is 2.05 bits per heavy atom. The van der Waals surface area contributed by atoms with E-state index in [0.29, 0.717) is 5.92 Å². The number of rotatable bonds is 10. The van der Waals surface area contributed by atoms with Crippen LogP contribution in [0.15, 0.2) is 12.1 Å². The van der Waals surface area contributed by atoms with Crippen molar-refractivity contribution in [2.75, 3.05) is 37.7 Å². The van der Waals surface area contributed by atoms with E-state index in [1.807, 2.05) is 19.1 Å². The number of hydrogen-bond donors (Lipinski definition) is 1. The summed E-state index contributed by atoms with van der Waals surface area (Å²) in [5, 5.41) is 12.0. The first-order valence-corrected chi connectivity index (χ1v) is 7.53. The number of hydrogen-bond acceptors (Lipinski definition) is 5. The van der Waals surface area contributed by atoms with Crippen molar-refractivity contribution in [1.82, 2.24) is 15.5 Å². The number of anilines is 1. The molecule has 1 aromatic heterocycles. The van der Waals surface area contributed by atoms with E-state index < -0.39 is 0 Å². The summed E-state index contributed by atoms with van der Waals surface area (Å²) < 4.78 is 5.39. The molecule has 1 heterocycles. The van der Waals surface area contributed by atoms with Crippen molar-refractivity contribution in [3.63, 3.8) is 0 Å². The second-order valence-electron chi connectivity index (χ2n) is 5.18. The van der Waals surface area contributed by atoms with Crippen molar-refractivity contribution in [1.29, 1.82) is 0 Å². The van der Waals surface area contributed by atoms with Gasteiger partial charge < -0.3 is 15.0 Å². The van der Waals surface area contributed by atoms with Gasteiger partial charge in [-0.3, -0.25) is 0 Å². The fourth-order valence-corrected chi connectivity index (χ4v) is 1.86. The standard InChI is InChI=1S/C15H28N4O/c1-5-19(9-10-20-6-2)15-8-7-14(17-18-15)12-16-11-13(3)4/h7-8,13,16H,5-6,9-12H2,1-4H3. The molecule has 0 radical (unpaired) electrons. The highest BCUT2D eigenvalue weighted by Gasteiger charge is 2.06. The normalized spacial score (nSPS) is 11.1. The first-order chi connectivity index (χ1) is 9.67. The molecule has 0 amide bonds. The molecule has 0 atom stereocenters. The van der Waals surface area contributed by atoms with Gasteiger partial charge in [-0.2, -0.15) is 5.10 Å². The third-order valence-electron chi connectivity index (χ3n) is 2.98. The zero-order valence-electron chi connectivity index (χ0n) is 13.2. The van der Waals surface area contributed by atoms with Crippen molar-refractivity contribution in [3.05, 3.63) is 17.8 Å². The minimum Gasteiger partial charge on any atom is -0.380 e. The molecule has 114 valence electrons. The highest BCUT2D eigenvalue weighted by molar-refractivity contribution is 5.36. The molecule has 0 aliphatic heterocycles. The van der Waals surface area contributed by atoms with Gasteiger partial charge in [0.1, 0.15) is 0 Å². The van der Waals surface area contributed by atoms with Crippen molar-refractivity contribution in [3.8, 4) is 0 Å². The van der Waals surface area contributed by atoms with Gasteiger partial charge in [0.25, 0.3) is 0 Å². The predicted molar refractivity (Wildman–Crippen MR) is 83.0 cm³/mol. The van der Waals surface area contributed by atoms with Gasteiger partial charge in [-0.25, -0.2) is 0 Å². The molecule has 0 bridgehead atoms. The molecule has 1 N–H and O–H groups in total. The lowest BCUT2D eigenvalue weighted by molar-refractivity contribution is 0.154. The van der Waals surface area contributed by atoms with Crippen LogP contribution in [-0.4, -0.2) is 43.0 Å². The Labute approximate surface area is 122 Å². The highest BCUT2D eigenvalue weighted by Crippen LogP contribution is 2.09. The van der Waals surface area contributed by atoms with Gasteiger partial charge in [-0.05, 0) is 38.4 Å². The average molecular weight is 280 g/mol. The van der Waals surface area contributed by atoms with E-state index >= 15 is 0 Å².